The number of hydrogen-bond acceptors (Lipinski definition) is 4. The molecular formula is C11H20N2O4S. The van der Waals surface area contributed by atoms with E-state index in [0.717, 1.165) is 0 Å². The van der Waals surface area contributed by atoms with Crippen LogP contribution in [0.3, 0.4) is 0 Å². The molecule has 2 amide bonds. The molecule has 0 aromatic heterocycles. The van der Waals surface area contributed by atoms with Gasteiger partial charge in [-0.15, -0.1) is 0 Å². The predicted octanol–water partition coefficient (Wildman–Crippen LogP) is -0.00770. The fraction of sp³-hybridized carbons (Fsp3) is 0.909. The molecule has 6 nitrogen and oxygen atoms in total. The number of ether oxygens (including phenoxy) is 1. The van der Waals surface area contributed by atoms with Gasteiger partial charge >= 0.3 is 6.03 Å². The summed E-state index contributed by atoms with van der Waals surface area (Å²) in [6, 6.07) is -0.396. The van der Waals surface area contributed by atoms with Crippen molar-refractivity contribution in [3.05, 3.63) is 0 Å². The maximum atomic E-state index is 12.1. The molecule has 2 fully saturated rings. The Morgan fingerprint density at radius 2 is 2.11 bits per heavy atom. The van der Waals surface area contributed by atoms with Crippen LogP contribution < -0.4 is 5.32 Å². The average molecular weight is 276 g/mol. The molecule has 2 rings (SSSR count). The molecule has 2 aliphatic heterocycles. The van der Waals surface area contributed by atoms with Crippen LogP contribution >= 0.6 is 0 Å². The minimum Gasteiger partial charge on any atom is -0.375 e. The lowest BCUT2D eigenvalue weighted by atomic mass is 10.2. The fourth-order valence-electron chi connectivity index (χ4n) is 2.35. The molecule has 18 heavy (non-hydrogen) atoms. The van der Waals surface area contributed by atoms with Crippen molar-refractivity contribution in [3.63, 3.8) is 0 Å². The summed E-state index contributed by atoms with van der Waals surface area (Å²) in [5.41, 5.74) is 0. The van der Waals surface area contributed by atoms with Crippen molar-refractivity contribution >= 4 is 15.9 Å². The molecule has 3 atom stereocenters. The van der Waals surface area contributed by atoms with Crippen LogP contribution in [0.4, 0.5) is 4.79 Å². The quantitative estimate of drug-likeness (QED) is 0.731. The van der Waals surface area contributed by atoms with E-state index in [1.165, 1.54) is 0 Å². The van der Waals surface area contributed by atoms with Gasteiger partial charge in [0.2, 0.25) is 0 Å². The number of rotatable bonds is 1. The standard InChI is InChI=1S/C11H20N2O4S/c1-8-6-17-9(2)5-13(8)11(14)12-10-3-4-18(15,16)7-10/h8-10H,3-7H2,1-2H3,(H,12,14). The molecule has 0 aromatic carbocycles. The predicted molar refractivity (Wildman–Crippen MR) is 67.2 cm³/mol. The first-order valence-corrected chi connectivity index (χ1v) is 8.08. The summed E-state index contributed by atoms with van der Waals surface area (Å²) in [6.07, 6.45) is 0.543. The zero-order valence-corrected chi connectivity index (χ0v) is 11.6. The Bertz CT molecular complexity index is 423. The monoisotopic (exact) mass is 276 g/mol. The number of urea groups is 1. The summed E-state index contributed by atoms with van der Waals surface area (Å²) in [5.74, 6) is 0.236. The highest BCUT2D eigenvalue weighted by Crippen LogP contribution is 2.14. The van der Waals surface area contributed by atoms with E-state index in [0.29, 0.717) is 19.6 Å². The van der Waals surface area contributed by atoms with Crippen molar-refractivity contribution in [2.24, 2.45) is 0 Å². The fourth-order valence-corrected chi connectivity index (χ4v) is 4.03. The van der Waals surface area contributed by atoms with Gasteiger partial charge in [0, 0.05) is 12.6 Å². The third-order valence-electron chi connectivity index (χ3n) is 3.43. The minimum absolute atomic E-state index is 0.0270. The summed E-state index contributed by atoms with van der Waals surface area (Å²) in [5, 5.41) is 2.81. The van der Waals surface area contributed by atoms with Gasteiger partial charge < -0.3 is 15.0 Å². The number of nitrogens with zero attached hydrogens (tertiary/aromatic N) is 1. The lowest BCUT2D eigenvalue weighted by Gasteiger charge is -2.37. The minimum atomic E-state index is -2.95. The number of nitrogens with one attached hydrogen (secondary N) is 1. The Morgan fingerprint density at radius 1 is 1.39 bits per heavy atom. The number of carbonyl (C=O) groups is 1. The maximum Gasteiger partial charge on any atom is 0.318 e. The molecule has 0 saturated carbocycles. The Morgan fingerprint density at radius 3 is 2.72 bits per heavy atom. The van der Waals surface area contributed by atoms with E-state index in [1.807, 2.05) is 13.8 Å². The van der Waals surface area contributed by atoms with Gasteiger partial charge in [-0.3, -0.25) is 0 Å². The average Bonchev–Trinajstić information content (AvgIpc) is 2.61. The third kappa shape index (κ3) is 3.14. The summed E-state index contributed by atoms with van der Waals surface area (Å²) in [4.78, 5) is 13.8. The summed E-state index contributed by atoms with van der Waals surface area (Å²) < 4.78 is 28.1. The van der Waals surface area contributed by atoms with E-state index in [2.05, 4.69) is 5.32 Å². The highest BCUT2D eigenvalue weighted by Gasteiger charge is 2.33. The Hall–Kier alpha value is -0.820. The molecule has 3 unspecified atom stereocenters. The largest absolute Gasteiger partial charge is 0.375 e. The van der Waals surface area contributed by atoms with Crippen LogP contribution in [-0.4, -0.2) is 62.2 Å². The highest BCUT2D eigenvalue weighted by atomic mass is 32.2. The maximum absolute atomic E-state index is 12.1. The first kappa shape index (κ1) is 13.6. The van der Waals surface area contributed by atoms with E-state index >= 15 is 0 Å². The number of amides is 2. The Labute approximate surface area is 108 Å². The van der Waals surface area contributed by atoms with Crippen LogP contribution in [0.25, 0.3) is 0 Å². The number of sulfone groups is 1. The van der Waals surface area contributed by atoms with Gasteiger partial charge in [0.05, 0.1) is 30.3 Å². The second kappa shape index (κ2) is 5.05. The molecule has 0 aromatic rings. The lowest BCUT2D eigenvalue weighted by molar-refractivity contribution is -0.0320. The molecule has 0 spiro atoms. The second-order valence-corrected chi connectivity index (χ2v) is 7.42. The SMILES string of the molecule is CC1CN(C(=O)NC2CCS(=O)(=O)C2)C(C)CO1. The van der Waals surface area contributed by atoms with Crippen molar-refractivity contribution in [2.75, 3.05) is 24.7 Å². The normalized spacial score (nSPS) is 35.4. The third-order valence-corrected chi connectivity index (χ3v) is 5.20. The van der Waals surface area contributed by atoms with Crippen LogP contribution in [0.2, 0.25) is 0 Å². The van der Waals surface area contributed by atoms with Crippen molar-refractivity contribution in [2.45, 2.75) is 38.5 Å². The molecule has 2 saturated heterocycles. The van der Waals surface area contributed by atoms with Crippen molar-refractivity contribution in [1.29, 1.82) is 0 Å². The van der Waals surface area contributed by atoms with Gasteiger partial charge in [0.15, 0.2) is 9.84 Å². The summed E-state index contributed by atoms with van der Waals surface area (Å²) in [7, 11) is -2.95. The molecule has 104 valence electrons. The van der Waals surface area contributed by atoms with Gasteiger partial charge in [-0.05, 0) is 20.3 Å². The van der Waals surface area contributed by atoms with Gasteiger partial charge in [-0.25, -0.2) is 13.2 Å². The first-order chi connectivity index (χ1) is 8.37. The Balaban J connectivity index is 1.91. The van der Waals surface area contributed by atoms with Crippen LogP contribution in [0.5, 0.6) is 0 Å². The zero-order chi connectivity index (χ0) is 13.3. The van der Waals surface area contributed by atoms with Gasteiger partial charge in [-0.1, -0.05) is 0 Å². The van der Waals surface area contributed by atoms with Crippen LogP contribution in [0.15, 0.2) is 0 Å². The van der Waals surface area contributed by atoms with Gasteiger partial charge in [0.1, 0.15) is 0 Å². The molecule has 7 heteroatoms. The highest BCUT2D eigenvalue weighted by molar-refractivity contribution is 7.91. The Kier molecular flexibility index (Phi) is 3.82. The number of carbonyl (C=O) groups excluding carboxylic acids is 1. The lowest BCUT2D eigenvalue weighted by Crippen LogP contribution is -2.55. The smallest absolute Gasteiger partial charge is 0.318 e. The summed E-state index contributed by atoms with van der Waals surface area (Å²) in [6.45, 7) is 4.92. The molecule has 2 aliphatic rings. The molecule has 0 aliphatic carbocycles. The van der Waals surface area contributed by atoms with Gasteiger partial charge in [0.25, 0.3) is 0 Å². The number of hydrogen-bond donors (Lipinski definition) is 1. The van der Waals surface area contributed by atoms with E-state index in [-0.39, 0.29) is 35.7 Å². The van der Waals surface area contributed by atoms with Crippen LogP contribution in [-0.2, 0) is 14.6 Å². The van der Waals surface area contributed by atoms with E-state index in [1.54, 1.807) is 4.90 Å². The van der Waals surface area contributed by atoms with Gasteiger partial charge in [-0.2, -0.15) is 0 Å². The van der Waals surface area contributed by atoms with E-state index in [4.69, 9.17) is 4.74 Å². The molecule has 0 bridgehead atoms. The second-order valence-electron chi connectivity index (χ2n) is 5.19. The van der Waals surface area contributed by atoms with Crippen molar-refractivity contribution in [3.8, 4) is 0 Å². The summed E-state index contributed by atoms with van der Waals surface area (Å²) >= 11 is 0. The van der Waals surface area contributed by atoms with E-state index in [9.17, 15) is 13.2 Å². The van der Waals surface area contributed by atoms with Crippen LogP contribution in [0, 0.1) is 0 Å². The zero-order valence-electron chi connectivity index (χ0n) is 10.8. The topological polar surface area (TPSA) is 75.7 Å². The van der Waals surface area contributed by atoms with E-state index < -0.39 is 9.84 Å². The molecular weight excluding hydrogens is 256 g/mol. The number of morpholine rings is 1. The van der Waals surface area contributed by atoms with Crippen molar-refractivity contribution < 1.29 is 17.9 Å². The van der Waals surface area contributed by atoms with Crippen LogP contribution in [0.1, 0.15) is 20.3 Å². The first-order valence-electron chi connectivity index (χ1n) is 6.26. The molecule has 1 N–H and O–H groups in total. The van der Waals surface area contributed by atoms with Crippen molar-refractivity contribution in [1.82, 2.24) is 10.2 Å². The molecule has 2 heterocycles. The molecule has 0 radical (unpaired) electrons.